The van der Waals surface area contributed by atoms with Crippen LogP contribution in [-0.2, 0) is 4.79 Å². The van der Waals surface area contributed by atoms with Gasteiger partial charge < -0.3 is 5.11 Å². The van der Waals surface area contributed by atoms with Gasteiger partial charge in [-0.25, -0.2) is 5.10 Å². The number of nitrogens with one attached hydrogen (secondary N) is 2. The first-order valence-electron chi connectivity index (χ1n) is 11.0. The molecule has 0 unspecified atom stereocenters. The molecule has 1 aromatic heterocycles. The number of aromatic hydroxyl groups is 1. The summed E-state index contributed by atoms with van der Waals surface area (Å²) in [4.78, 5) is 13.0. The van der Waals surface area contributed by atoms with E-state index in [0.717, 1.165) is 22.3 Å². The number of rotatable bonds is 5. The van der Waals surface area contributed by atoms with E-state index in [9.17, 15) is 9.90 Å². The summed E-state index contributed by atoms with van der Waals surface area (Å²) in [6.45, 7) is 5.68. The Morgan fingerprint density at radius 3 is 2.44 bits per heavy atom. The average Bonchev–Trinajstić information content (AvgIpc) is 3.50. The second-order valence-corrected chi connectivity index (χ2v) is 8.76. The van der Waals surface area contributed by atoms with Gasteiger partial charge in [-0.15, -0.1) is 5.10 Å². The maximum Gasteiger partial charge on any atom is 0.301 e. The highest BCUT2D eigenvalue weighted by Crippen LogP contribution is 2.39. The third-order valence-corrected chi connectivity index (χ3v) is 6.12. The number of benzene rings is 3. The number of H-pyrrole nitrogens is 1. The average molecular weight is 501 g/mol. The number of nitrogens with zero attached hydrogens (tertiary/aromatic N) is 6. The summed E-state index contributed by atoms with van der Waals surface area (Å²) in [5.41, 5.74) is 8.46. The molecule has 0 saturated carbocycles. The van der Waals surface area contributed by atoms with Crippen LogP contribution < -0.4 is 10.4 Å². The second-order valence-electron chi connectivity index (χ2n) is 8.32. The molecule has 0 saturated heterocycles. The number of anilines is 2. The lowest BCUT2D eigenvalue weighted by Gasteiger charge is -2.13. The number of phenols is 1. The summed E-state index contributed by atoms with van der Waals surface area (Å²) < 4.78 is 0. The number of tetrazole rings is 1. The maximum atomic E-state index is 13.0. The second kappa shape index (κ2) is 9.23. The quantitative estimate of drug-likeness (QED) is 0.269. The van der Waals surface area contributed by atoms with Crippen molar-refractivity contribution in [3.63, 3.8) is 0 Å². The monoisotopic (exact) mass is 500 g/mol. The van der Waals surface area contributed by atoms with Gasteiger partial charge >= 0.3 is 5.91 Å². The Hall–Kier alpha value is -4.57. The molecule has 2 heterocycles. The predicted molar refractivity (Wildman–Crippen MR) is 139 cm³/mol. The number of aryl methyl sites for hydroxylation is 2. The normalized spacial score (nSPS) is 14.4. The molecule has 5 rings (SSSR count). The van der Waals surface area contributed by atoms with Gasteiger partial charge in [0.2, 0.25) is 0 Å². The first-order chi connectivity index (χ1) is 17.3. The summed E-state index contributed by atoms with van der Waals surface area (Å²) >= 11 is 6.34. The molecule has 180 valence electrons. The van der Waals surface area contributed by atoms with Crippen molar-refractivity contribution in [3.8, 4) is 28.3 Å². The highest BCUT2D eigenvalue weighted by molar-refractivity contribution is 6.71. The Kier molecular flexibility index (Phi) is 5.95. The molecule has 0 fully saturated rings. The molecule has 0 spiro atoms. The molecule has 4 aromatic rings. The third-order valence-electron chi connectivity index (χ3n) is 5.90. The van der Waals surface area contributed by atoms with Crippen molar-refractivity contribution in [2.24, 2.45) is 10.2 Å². The van der Waals surface area contributed by atoms with Crippen LogP contribution >= 0.6 is 11.6 Å². The van der Waals surface area contributed by atoms with Crippen molar-refractivity contribution >= 4 is 40.3 Å². The van der Waals surface area contributed by atoms with Crippen molar-refractivity contribution in [2.45, 2.75) is 20.8 Å². The zero-order valence-corrected chi connectivity index (χ0v) is 20.4. The Balaban J connectivity index is 1.41. The van der Waals surface area contributed by atoms with Gasteiger partial charge in [0.05, 0.1) is 11.4 Å². The zero-order chi connectivity index (χ0) is 25.4. The number of carbonyl (C=O) groups excluding carboxylic acids is 1. The lowest BCUT2D eigenvalue weighted by molar-refractivity contribution is -0.112. The first kappa shape index (κ1) is 23.2. The van der Waals surface area contributed by atoms with Crippen LogP contribution in [0.5, 0.6) is 5.75 Å². The fourth-order valence-corrected chi connectivity index (χ4v) is 3.99. The highest BCUT2D eigenvalue weighted by atomic mass is 35.5. The molecule has 36 heavy (non-hydrogen) atoms. The molecule has 10 nitrogen and oxygen atoms in total. The van der Waals surface area contributed by atoms with E-state index in [-0.39, 0.29) is 23.1 Å². The minimum atomic E-state index is -0.373. The van der Waals surface area contributed by atoms with Crippen molar-refractivity contribution in [1.82, 2.24) is 20.6 Å². The number of carbonyl (C=O) groups is 1. The summed E-state index contributed by atoms with van der Waals surface area (Å²) in [7, 11) is 0. The molecular formula is C25H21ClN8O2. The number of aromatic nitrogens is 4. The summed E-state index contributed by atoms with van der Waals surface area (Å²) in [6, 6.07) is 16.1. The van der Waals surface area contributed by atoms with E-state index in [1.807, 2.05) is 56.3 Å². The van der Waals surface area contributed by atoms with E-state index in [1.54, 1.807) is 13.0 Å². The molecule has 0 aliphatic carbocycles. The van der Waals surface area contributed by atoms with Crippen LogP contribution in [0.4, 0.5) is 11.4 Å². The molecular weight excluding hydrogens is 480 g/mol. The van der Waals surface area contributed by atoms with E-state index in [2.05, 4.69) is 36.3 Å². The lowest BCUT2D eigenvalue weighted by atomic mass is 10.0. The molecule has 0 bridgehead atoms. The molecule has 0 radical (unpaired) electrons. The topological polar surface area (TPSA) is 132 Å². The van der Waals surface area contributed by atoms with Gasteiger partial charge in [-0.05, 0) is 72.2 Å². The maximum absolute atomic E-state index is 13.0. The van der Waals surface area contributed by atoms with E-state index in [4.69, 9.17) is 11.6 Å². The van der Waals surface area contributed by atoms with Gasteiger partial charge in [0.15, 0.2) is 11.5 Å². The Labute approximate surface area is 211 Å². The first-order valence-corrected chi connectivity index (χ1v) is 11.4. The Morgan fingerprint density at radius 1 is 1.00 bits per heavy atom. The van der Waals surface area contributed by atoms with Crippen LogP contribution in [0, 0.1) is 13.8 Å². The van der Waals surface area contributed by atoms with Gasteiger partial charge in [0.25, 0.3) is 0 Å². The number of halogens is 1. The van der Waals surface area contributed by atoms with Gasteiger partial charge in [-0.1, -0.05) is 41.9 Å². The molecule has 1 amide bonds. The summed E-state index contributed by atoms with van der Waals surface area (Å²) in [6.07, 6.45) is 0. The lowest BCUT2D eigenvalue weighted by Crippen LogP contribution is -2.28. The van der Waals surface area contributed by atoms with Gasteiger partial charge in [0, 0.05) is 16.1 Å². The van der Waals surface area contributed by atoms with Crippen LogP contribution in [0.25, 0.3) is 22.5 Å². The van der Waals surface area contributed by atoms with Crippen molar-refractivity contribution in [1.29, 1.82) is 0 Å². The van der Waals surface area contributed by atoms with Gasteiger partial charge in [0.1, 0.15) is 11.4 Å². The Bertz CT molecular complexity index is 1530. The van der Waals surface area contributed by atoms with Crippen LogP contribution in [0.1, 0.15) is 18.1 Å². The van der Waals surface area contributed by atoms with Crippen LogP contribution in [-0.4, -0.2) is 43.1 Å². The highest BCUT2D eigenvalue weighted by Gasteiger charge is 2.31. The van der Waals surface area contributed by atoms with Gasteiger partial charge in [-0.3, -0.25) is 10.2 Å². The van der Waals surface area contributed by atoms with Crippen molar-refractivity contribution < 1.29 is 9.90 Å². The van der Waals surface area contributed by atoms with Crippen LogP contribution in [0.2, 0.25) is 5.02 Å². The van der Waals surface area contributed by atoms with E-state index in [1.165, 1.54) is 11.1 Å². The van der Waals surface area contributed by atoms with Crippen molar-refractivity contribution in [3.05, 3.63) is 70.7 Å². The minimum absolute atomic E-state index is 0.0658. The minimum Gasteiger partial charge on any atom is -0.505 e. The Morgan fingerprint density at radius 2 is 1.75 bits per heavy atom. The number of phenolic OH excluding ortho intramolecular Hbond substituents is 1. The molecule has 3 N–H and O–H groups in total. The molecule has 1 aliphatic rings. The summed E-state index contributed by atoms with van der Waals surface area (Å²) in [5, 5.41) is 35.0. The SMILES string of the molecule is CC1=NN(c2ccc(C)c(C)c2)C(=O)/C1=N\Nc1cc(Cl)cc(-c2ccc(-c3nnn[nH]3)cc2)c1O. The van der Waals surface area contributed by atoms with Crippen molar-refractivity contribution in [2.75, 3.05) is 10.4 Å². The standard InChI is InChI=1S/C25H21ClN8O2/c1-13-4-9-19(10-14(13)2)34-25(36)22(15(3)31-34)28-27-21-12-18(26)11-20(23(21)35)16-5-7-17(8-6-16)24-29-32-33-30-24/h4-12,27,35H,1-3H3,(H,29,30,32,33)/b28-22-. The van der Waals surface area contributed by atoms with E-state index >= 15 is 0 Å². The zero-order valence-electron chi connectivity index (χ0n) is 19.6. The number of amides is 1. The number of aromatic amines is 1. The summed E-state index contributed by atoms with van der Waals surface area (Å²) in [5.74, 6) is 0.0922. The molecule has 1 aliphatic heterocycles. The van der Waals surface area contributed by atoms with Crippen LogP contribution in [0.3, 0.4) is 0 Å². The van der Waals surface area contributed by atoms with E-state index < -0.39 is 0 Å². The number of hydrazone groups is 2. The largest absolute Gasteiger partial charge is 0.505 e. The number of hydrogen-bond donors (Lipinski definition) is 3. The molecule has 3 aromatic carbocycles. The molecule has 11 heteroatoms. The predicted octanol–water partition coefficient (Wildman–Crippen LogP) is 4.70. The third kappa shape index (κ3) is 4.29. The number of hydrogen-bond acceptors (Lipinski definition) is 8. The molecule has 0 atom stereocenters. The smallest absolute Gasteiger partial charge is 0.301 e. The van der Waals surface area contributed by atoms with Crippen LogP contribution in [0.15, 0.2) is 64.8 Å². The van der Waals surface area contributed by atoms with Gasteiger partial charge in [-0.2, -0.15) is 15.2 Å². The fraction of sp³-hybridized carbons (Fsp3) is 0.120. The van der Waals surface area contributed by atoms with E-state index in [0.29, 0.717) is 27.8 Å². The fourth-order valence-electron chi connectivity index (χ4n) is 3.77.